The van der Waals surface area contributed by atoms with Gasteiger partial charge in [-0.1, -0.05) is 0 Å². The van der Waals surface area contributed by atoms with Crippen LogP contribution in [-0.2, 0) is 4.74 Å². The van der Waals surface area contributed by atoms with Gasteiger partial charge in [-0.05, 0) is 45.3 Å². The van der Waals surface area contributed by atoms with Gasteiger partial charge in [-0.3, -0.25) is 5.84 Å². The normalized spacial score (nSPS) is 12.3. The van der Waals surface area contributed by atoms with Crippen LogP contribution in [-0.4, -0.2) is 37.6 Å². The molecule has 0 aliphatic heterocycles. The molecule has 0 saturated heterocycles. The van der Waals surface area contributed by atoms with Crippen molar-refractivity contribution in [1.29, 1.82) is 0 Å². The molecule has 1 atom stereocenters. The third-order valence-electron chi connectivity index (χ3n) is 2.62. The highest BCUT2D eigenvalue weighted by molar-refractivity contribution is 5.89. The first-order chi connectivity index (χ1) is 8.04. The van der Waals surface area contributed by atoms with Crippen molar-refractivity contribution in [2.45, 2.75) is 13.0 Å². The monoisotopic (exact) mass is 237 g/mol. The topological polar surface area (TPSA) is 67.6 Å². The van der Waals surface area contributed by atoms with Gasteiger partial charge in [0, 0.05) is 11.7 Å². The van der Waals surface area contributed by atoms with Crippen LogP contribution in [0.4, 0.5) is 5.69 Å². The van der Waals surface area contributed by atoms with E-state index in [1.165, 1.54) is 0 Å². The summed E-state index contributed by atoms with van der Waals surface area (Å²) >= 11 is 0. The molecule has 0 saturated carbocycles. The molecule has 0 aliphatic rings. The highest BCUT2D eigenvalue weighted by atomic mass is 16.5. The molecule has 0 aromatic heterocycles. The molecule has 0 spiro atoms. The standard InChI is InChI=1S/C12H19N3O2/c1-9(15(2)3)8-17-12(16)10-4-6-11(14-13)7-5-10/h4-7,9,14H,8,13H2,1-3H3. The molecule has 5 heteroatoms. The van der Waals surface area contributed by atoms with Crippen molar-refractivity contribution in [3.8, 4) is 0 Å². The maximum absolute atomic E-state index is 11.7. The number of carbonyl (C=O) groups excluding carboxylic acids is 1. The second-order valence-corrected chi connectivity index (χ2v) is 4.13. The number of carbonyl (C=O) groups is 1. The highest BCUT2D eigenvalue weighted by Gasteiger charge is 2.10. The largest absolute Gasteiger partial charge is 0.460 e. The number of hydrazine groups is 1. The van der Waals surface area contributed by atoms with E-state index >= 15 is 0 Å². The van der Waals surface area contributed by atoms with Crippen molar-refractivity contribution in [2.24, 2.45) is 5.84 Å². The Labute approximate surface area is 102 Å². The van der Waals surface area contributed by atoms with Gasteiger partial charge >= 0.3 is 5.97 Å². The van der Waals surface area contributed by atoms with Gasteiger partial charge < -0.3 is 15.1 Å². The number of ether oxygens (including phenoxy) is 1. The fourth-order valence-electron chi connectivity index (χ4n) is 1.13. The van der Waals surface area contributed by atoms with E-state index in [0.717, 1.165) is 5.69 Å². The maximum Gasteiger partial charge on any atom is 0.338 e. The van der Waals surface area contributed by atoms with E-state index in [1.807, 2.05) is 25.9 Å². The number of nitrogens with zero attached hydrogens (tertiary/aromatic N) is 1. The fraction of sp³-hybridized carbons (Fsp3) is 0.417. The van der Waals surface area contributed by atoms with Gasteiger partial charge in [0.1, 0.15) is 6.61 Å². The van der Waals surface area contributed by atoms with Crippen molar-refractivity contribution >= 4 is 11.7 Å². The Kier molecular flexibility index (Phi) is 4.93. The Bertz CT molecular complexity index is 363. The van der Waals surface area contributed by atoms with Gasteiger partial charge in [-0.15, -0.1) is 0 Å². The van der Waals surface area contributed by atoms with Crippen LogP contribution in [0, 0.1) is 0 Å². The lowest BCUT2D eigenvalue weighted by molar-refractivity contribution is 0.0416. The van der Waals surface area contributed by atoms with E-state index in [1.54, 1.807) is 24.3 Å². The zero-order chi connectivity index (χ0) is 12.8. The first-order valence-electron chi connectivity index (χ1n) is 5.45. The summed E-state index contributed by atoms with van der Waals surface area (Å²) in [7, 11) is 3.89. The number of nitrogen functional groups attached to an aromatic ring is 1. The second kappa shape index (κ2) is 6.22. The molecule has 0 bridgehead atoms. The number of benzene rings is 1. The molecule has 94 valence electrons. The fourth-order valence-corrected chi connectivity index (χ4v) is 1.13. The van der Waals surface area contributed by atoms with Crippen LogP contribution in [0.25, 0.3) is 0 Å². The molecule has 1 aromatic carbocycles. The Morgan fingerprint density at radius 2 is 2.00 bits per heavy atom. The van der Waals surface area contributed by atoms with E-state index in [2.05, 4.69) is 5.43 Å². The van der Waals surface area contributed by atoms with Gasteiger partial charge in [0.25, 0.3) is 0 Å². The Morgan fingerprint density at radius 1 is 1.41 bits per heavy atom. The number of esters is 1. The molecule has 0 aliphatic carbocycles. The van der Waals surface area contributed by atoms with Crippen molar-refractivity contribution < 1.29 is 9.53 Å². The molecule has 0 amide bonds. The van der Waals surface area contributed by atoms with Crippen LogP contribution in [0.5, 0.6) is 0 Å². The third-order valence-corrected chi connectivity index (χ3v) is 2.62. The lowest BCUT2D eigenvalue weighted by atomic mass is 10.2. The molecule has 0 radical (unpaired) electrons. The van der Waals surface area contributed by atoms with Crippen molar-refractivity contribution in [2.75, 3.05) is 26.1 Å². The summed E-state index contributed by atoms with van der Waals surface area (Å²) < 4.78 is 5.19. The highest BCUT2D eigenvalue weighted by Crippen LogP contribution is 2.09. The average Bonchev–Trinajstić information content (AvgIpc) is 2.35. The summed E-state index contributed by atoms with van der Waals surface area (Å²) in [6, 6.07) is 7.01. The number of nitrogens with one attached hydrogen (secondary N) is 1. The second-order valence-electron chi connectivity index (χ2n) is 4.13. The Morgan fingerprint density at radius 3 is 2.47 bits per heavy atom. The molecule has 0 fully saturated rings. The number of hydrogen-bond acceptors (Lipinski definition) is 5. The smallest absolute Gasteiger partial charge is 0.338 e. The van der Waals surface area contributed by atoms with E-state index < -0.39 is 0 Å². The third kappa shape index (κ3) is 4.05. The predicted octanol–water partition coefficient (Wildman–Crippen LogP) is 1.08. The van der Waals surface area contributed by atoms with Crippen molar-refractivity contribution in [1.82, 2.24) is 4.90 Å². The minimum absolute atomic E-state index is 0.198. The number of rotatable bonds is 5. The number of likely N-dealkylation sites (N-methyl/N-ethyl adjacent to an activating group) is 1. The van der Waals surface area contributed by atoms with Crippen molar-refractivity contribution in [3.63, 3.8) is 0 Å². The summed E-state index contributed by atoms with van der Waals surface area (Å²) in [5.41, 5.74) is 3.78. The first kappa shape index (κ1) is 13.5. The van der Waals surface area contributed by atoms with Gasteiger partial charge in [0.15, 0.2) is 0 Å². The van der Waals surface area contributed by atoms with Gasteiger partial charge in [-0.2, -0.15) is 0 Å². The van der Waals surface area contributed by atoms with E-state index in [-0.39, 0.29) is 12.0 Å². The van der Waals surface area contributed by atoms with Crippen LogP contribution in [0.3, 0.4) is 0 Å². The quantitative estimate of drug-likeness (QED) is 0.455. The zero-order valence-electron chi connectivity index (χ0n) is 10.4. The lowest BCUT2D eigenvalue weighted by Gasteiger charge is -2.19. The molecular formula is C12H19N3O2. The first-order valence-corrected chi connectivity index (χ1v) is 5.45. The van der Waals surface area contributed by atoms with Gasteiger partial charge in [0.05, 0.1) is 5.56 Å². The number of nitrogens with two attached hydrogens (primary N) is 1. The predicted molar refractivity (Wildman–Crippen MR) is 67.7 cm³/mol. The van der Waals surface area contributed by atoms with Crippen LogP contribution in [0.2, 0.25) is 0 Å². The molecule has 5 nitrogen and oxygen atoms in total. The van der Waals surface area contributed by atoms with Crippen LogP contribution in [0.1, 0.15) is 17.3 Å². The van der Waals surface area contributed by atoms with Crippen LogP contribution in [0.15, 0.2) is 24.3 Å². The molecule has 3 N–H and O–H groups in total. The van der Waals surface area contributed by atoms with E-state index in [0.29, 0.717) is 12.2 Å². The van der Waals surface area contributed by atoms with E-state index in [9.17, 15) is 4.79 Å². The lowest BCUT2D eigenvalue weighted by Crippen LogP contribution is -2.30. The summed E-state index contributed by atoms with van der Waals surface area (Å²) in [4.78, 5) is 13.7. The molecule has 1 unspecified atom stereocenters. The summed E-state index contributed by atoms with van der Waals surface area (Å²) in [5, 5.41) is 0. The summed E-state index contributed by atoms with van der Waals surface area (Å²) in [6.45, 7) is 2.37. The molecule has 17 heavy (non-hydrogen) atoms. The SMILES string of the molecule is CC(COC(=O)c1ccc(NN)cc1)N(C)C. The number of anilines is 1. The van der Waals surface area contributed by atoms with Crippen molar-refractivity contribution in [3.05, 3.63) is 29.8 Å². The minimum atomic E-state index is -0.317. The molecular weight excluding hydrogens is 218 g/mol. The average molecular weight is 237 g/mol. The van der Waals surface area contributed by atoms with Gasteiger partial charge in [-0.25, -0.2) is 4.79 Å². The summed E-state index contributed by atoms with van der Waals surface area (Å²) in [5.74, 6) is 4.92. The molecule has 1 aromatic rings. The number of hydrogen-bond donors (Lipinski definition) is 2. The molecule has 0 heterocycles. The van der Waals surface area contributed by atoms with E-state index in [4.69, 9.17) is 10.6 Å². The Balaban J connectivity index is 2.52. The van der Waals surface area contributed by atoms with Crippen LogP contribution < -0.4 is 11.3 Å². The van der Waals surface area contributed by atoms with Gasteiger partial charge in [0.2, 0.25) is 0 Å². The minimum Gasteiger partial charge on any atom is -0.460 e. The Hall–Kier alpha value is -1.59. The zero-order valence-corrected chi connectivity index (χ0v) is 10.4. The summed E-state index contributed by atoms with van der Waals surface area (Å²) in [6.07, 6.45) is 0. The molecule has 1 rings (SSSR count). The maximum atomic E-state index is 11.7. The van der Waals surface area contributed by atoms with Crippen LogP contribution >= 0.6 is 0 Å².